The van der Waals surface area contributed by atoms with Crippen LogP contribution in [0.2, 0.25) is 0 Å². The minimum absolute atomic E-state index is 0.0428. The van der Waals surface area contributed by atoms with Crippen molar-refractivity contribution >= 4 is 23.2 Å². The second-order valence-electron chi connectivity index (χ2n) is 5.11. The zero-order valence-corrected chi connectivity index (χ0v) is 12.9. The van der Waals surface area contributed by atoms with Crippen molar-refractivity contribution in [2.45, 2.75) is 19.9 Å². The molecule has 0 aliphatic carbocycles. The maximum absolute atomic E-state index is 12.3. The van der Waals surface area contributed by atoms with Crippen LogP contribution in [-0.4, -0.2) is 32.7 Å². The summed E-state index contributed by atoms with van der Waals surface area (Å²) in [7, 11) is 1.68. The molecule has 1 fully saturated rings. The molecule has 1 atom stereocenters. The van der Waals surface area contributed by atoms with Gasteiger partial charge < -0.3 is 5.32 Å². The minimum Gasteiger partial charge on any atom is -0.347 e. The fraction of sp³-hybridized carbons (Fsp3) is 0.267. The summed E-state index contributed by atoms with van der Waals surface area (Å²) in [5.41, 5.74) is 3.66. The molecule has 1 saturated heterocycles. The molecule has 1 N–H and O–H groups in total. The first-order chi connectivity index (χ1) is 10.0. The molecule has 1 amide bonds. The van der Waals surface area contributed by atoms with E-state index in [0.717, 1.165) is 22.6 Å². The molecule has 2 aromatic rings. The quantitative estimate of drug-likeness (QED) is 0.860. The van der Waals surface area contributed by atoms with Crippen molar-refractivity contribution in [3.05, 3.63) is 47.3 Å². The van der Waals surface area contributed by atoms with Crippen LogP contribution in [0.25, 0.3) is 5.69 Å². The molecule has 108 valence electrons. The summed E-state index contributed by atoms with van der Waals surface area (Å²) in [4.78, 5) is 13.8. The molecule has 1 aromatic heterocycles. The molecule has 2 heterocycles. The van der Waals surface area contributed by atoms with Crippen molar-refractivity contribution in [2.75, 3.05) is 7.05 Å². The molecule has 1 aliphatic rings. The molecular formula is C15H16N4OS. The van der Waals surface area contributed by atoms with Crippen LogP contribution in [-0.2, 0) is 4.79 Å². The van der Waals surface area contributed by atoms with E-state index in [2.05, 4.69) is 10.4 Å². The number of hydrogen-bond donors (Lipinski definition) is 1. The van der Waals surface area contributed by atoms with Crippen LogP contribution in [0, 0.1) is 13.8 Å². The zero-order chi connectivity index (χ0) is 15.1. The number of aryl methyl sites for hydroxylation is 1. The molecule has 1 aromatic carbocycles. The highest BCUT2D eigenvalue weighted by Crippen LogP contribution is 2.28. The van der Waals surface area contributed by atoms with Gasteiger partial charge in [-0.1, -0.05) is 18.2 Å². The fourth-order valence-electron chi connectivity index (χ4n) is 2.66. The lowest BCUT2D eigenvalue weighted by molar-refractivity contribution is -0.126. The van der Waals surface area contributed by atoms with Gasteiger partial charge in [-0.25, -0.2) is 4.68 Å². The SMILES string of the molecule is Cc1nn(-c2ccccc2)c(C)c1[C@H]1NC(=S)N(C)C1=O. The van der Waals surface area contributed by atoms with Gasteiger partial charge in [0, 0.05) is 18.3 Å². The maximum atomic E-state index is 12.3. The summed E-state index contributed by atoms with van der Waals surface area (Å²) in [5, 5.41) is 8.10. The van der Waals surface area contributed by atoms with Gasteiger partial charge in [-0.05, 0) is 38.2 Å². The molecule has 21 heavy (non-hydrogen) atoms. The second-order valence-corrected chi connectivity index (χ2v) is 5.50. The summed E-state index contributed by atoms with van der Waals surface area (Å²) in [6, 6.07) is 9.43. The van der Waals surface area contributed by atoms with E-state index in [0.29, 0.717) is 5.11 Å². The molecule has 1 aliphatic heterocycles. The average molecular weight is 300 g/mol. The predicted molar refractivity (Wildman–Crippen MR) is 84.3 cm³/mol. The van der Waals surface area contributed by atoms with Crippen molar-refractivity contribution < 1.29 is 4.79 Å². The van der Waals surface area contributed by atoms with Crippen molar-refractivity contribution in [3.8, 4) is 5.69 Å². The lowest BCUT2D eigenvalue weighted by Gasteiger charge is -2.10. The molecule has 0 unspecified atom stereocenters. The van der Waals surface area contributed by atoms with Gasteiger partial charge in [-0.3, -0.25) is 9.69 Å². The smallest absolute Gasteiger partial charge is 0.255 e. The number of nitrogens with one attached hydrogen (secondary N) is 1. The second kappa shape index (κ2) is 4.96. The third kappa shape index (κ3) is 2.12. The third-order valence-electron chi connectivity index (χ3n) is 3.79. The number of likely N-dealkylation sites (N-methyl/N-ethyl adjacent to an activating group) is 1. The molecule has 0 bridgehead atoms. The van der Waals surface area contributed by atoms with Crippen LogP contribution in [0.3, 0.4) is 0 Å². The Balaban J connectivity index is 2.08. The van der Waals surface area contributed by atoms with Crippen molar-refractivity contribution in [1.82, 2.24) is 20.0 Å². The summed E-state index contributed by atoms with van der Waals surface area (Å²) >= 11 is 5.15. The van der Waals surface area contributed by atoms with E-state index in [9.17, 15) is 4.79 Å². The lowest BCUT2D eigenvalue weighted by atomic mass is 10.1. The largest absolute Gasteiger partial charge is 0.347 e. The summed E-state index contributed by atoms with van der Waals surface area (Å²) in [5.74, 6) is -0.0428. The van der Waals surface area contributed by atoms with Crippen LogP contribution in [0.4, 0.5) is 0 Å². The third-order valence-corrected chi connectivity index (χ3v) is 4.18. The summed E-state index contributed by atoms with van der Waals surface area (Å²) < 4.78 is 1.86. The molecule has 3 rings (SSSR count). The molecule has 5 nitrogen and oxygen atoms in total. The van der Waals surface area contributed by atoms with Crippen molar-refractivity contribution in [1.29, 1.82) is 0 Å². The molecule has 6 heteroatoms. The van der Waals surface area contributed by atoms with E-state index in [1.165, 1.54) is 4.90 Å². The van der Waals surface area contributed by atoms with Crippen LogP contribution in [0.5, 0.6) is 0 Å². The Morgan fingerprint density at radius 3 is 2.48 bits per heavy atom. The maximum Gasteiger partial charge on any atom is 0.255 e. The fourth-order valence-corrected chi connectivity index (χ4v) is 2.87. The Kier molecular flexibility index (Phi) is 3.25. The first-order valence-corrected chi connectivity index (χ1v) is 7.11. The number of aromatic nitrogens is 2. The van der Waals surface area contributed by atoms with Gasteiger partial charge >= 0.3 is 0 Å². The minimum atomic E-state index is -0.444. The Bertz CT molecular complexity index is 723. The monoisotopic (exact) mass is 300 g/mol. The zero-order valence-electron chi connectivity index (χ0n) is 12.1. The van der Waals surface area contributed by atoms with E-state index in [1.807, 2.05) is 48.9 Å². The number of amides is 1. The standard InChI is InChI=1S/C15H16N4OS/c1-9-12(13-14(20)18(3)15(21)16-13)10(2)19(17-9)11-7-5-4-6-8-11/h4-8,13H,1-3H3,(H,16,21)/t13-/m1/s1. The van der Waals surface area contributed by atoms with Crippen LogP contribution < -0.4 is 5.32 Å². The van der Waals surface area contributed by atoms with E-state index in [-0.39, 0.29) is 5.91 Å². The highest BCUT2D eigenvalue weighted by molar-refractivity contribution is 7.80. The van der Waals surface area contributed by atoms with E-state index >= 15 is 0 Å². The predicted octanol–water partition coefficient (Wildman–Crippen LogP) is 1.88. The van der Waals surface area contributed by atoms with Gasteiger partial charge in [-0.2, -0.15) is 5.10 Å². The van der Waals surface area contributed by atoms with Gasteiger partial charge in [-0.15, -0.1) is 0 Å². The summed E-state index contributed by atoms with van der Waals surface area (Å²) in [6.45, 7) is 3.89. The Hall–Kier alpha value is -2.21. The topological polar surface area (TPSA) is 50.2 Å². The molecule has 0 radical (unpaired) electrons. The number of rotatable bonds is 2. The first-order valence-electron chi connectivity index (χ1n) is 6.70. The van der Waals surface area contributed by atoms with Gasteiger partial charge in [0.05, 0.1) is 11.4 Å². The number of carbonyl (C=O) groups excluding carboxylic acids is 1. The number of benzene rings is 1. The number of nitrogens with zero attached hydrogens (tertiary/aromatic N) is 3. The highest BCUT2D eigenvalue weighted by atomic mass is 32.1. The molecule has 0 saturated carbocycles. The van der Waals surface area contributed by atoms with Crippen molar-refractivity contribution in [3.63, 3.8) is 0 Å². The van der Waals surface area contributed by atoms with E-state index in [1.54, 1.807) is 7.05 Å². The lowest BCUT2D eigenvalue weighted by Crippen LogP contribution is -2.25. The van der Waals surface area contributed by atoms with Crippen LogP contribution in [0.1, 0.15) is 23.0 Å². The average Bonchev–Trinajstić information content (AvgIpc) is 2.91. The van der Waals surface area contributed by atoms with Gasteiger partial charge in [0.2, 0.25) is 0 Å². The van der Waals surface area contributed by atoms with Gasteiger partial charge in [0.25, 0.3) is 5.91 Å². The number of carbonyl (C=O) groups is 1. The van der Waals surface area contributed by atoms with Gasteiger partial charge in [0.1, 0.15) is 6.04 Å². The number of thiocarbonyl (C=S) groups is 1. The Labute approximate surface area is 128 Å². The normalized spacial score (nSPS) is 18.2. The van der Waals surface area contributed by atoms with Crippen LogP contribution in [0.15, 0.2) is 30.3 Å². The highest BCUT2D eigenvalue weighted by Gasteiger charge is 2.37. The van der Waals surface area contributed by atoms with Crippen LogP contribution >= 0.6 is 12.2 Å². The number of hydrogen-bond acceptors (Lipinski definition) is 3. The van der Waals surface area contributed by atoms with E-state index in [4.69, 9.17) is 12.2 Å². The Morgan fingerprint density at radius 2 is 1.90 bits per heavy atom. The molecular weight excluding hydrogens is 284 g/mol. The summed E-state index contributed by atoms with van der Waals surface area (Å²) in [6.07, 6.45) is 0. The van der Waals surface area contributed by atoms with Crippen molar-refractivity contribution in [2.24, 2.45) is 0 Å². The van der Waals surface area contributed by atoms with Gasteiger partial charge in [0.15, 0.2) is 5.11 Å². The van der Waals surface area contributed by atoms with E-state index < -0.39 is 6.04 Å². The Morgan fingerprint density at radius 1 is 1.24 bits per heavy atom. The molecule has 0 spiro atoms. The first kappa shape index (κ1) is 13.8. The number of para-hydroxylation sites is 1.